The van der Waals surface area contributed by atoms with Gasteiger partial charge in [0.05, 0.1) is 17.5 Å². The van der Waals surface area contributed by atoms with Crippen molar-refractivity contribution < 1.29 is 22.7 Å². The molecular formula is C32H45N7O5S. The van der Waals surface area contributed by atoms with Gasteiger partial charge in [-0.3, -0.25) is 9.36 Å². The average molecular weight is 640 g/mol. The average Bonchev–Trinajstić information content (AvgIpc) is 3.74. The van der Waals surface area contributed by atoms with E-state index in [0.29, 0.717) is 49.3 Å². The fourth-order valence-corrected chi connectivity index (χ4v) is 7.25. The van der Waals surface area contributed by atoms with Crippen LogP contribution in [0.4, 0.5) is 5.82 Å². The summed E-state index contributed by atoms with van der Waals surface area (Å²) in [6, 6.07) is 7.11. The molecule has 1 amide bonds. The van der Waals surface area contributed by atoms with Gasteiger partial charge in [0.2, 0.25) is 28.7 Å². The first kappa shape index (κ1) is 32.7. The molecule has 0 spiro atoms. The highest BCUT2D eigenvalue weighted by Gasteiger charge is 2.35. The lowest BCUT2D eigenvalue weighted by Gasteiger charge is -2.41. The van der Waals surface area contributed by atoms with Crippen LogP contribution in [-0.2, 0) is 21.4 Å². The van der Waals surface area contributed by atoms with Crippen LogP contribution in [0.2, 0.25) is 0 Å². The zero-order chi connectivity index (χ0) is 31.8. The first-order chi connectivity index (χ1) is 21.7. The van der Waals surface area contributed by atoms with Crippen LogP contribution in [0.5, 0.6) is 11.5 Å². The third kappa shape index (κ3) is 8.51. The van der Waals surface area contributed by atoms with Crippen molar-refractivity contribution in [3.05, 3.63) is 54.2 Å². The number of carbonyl (C=O) groups excluding carboxylic acids is 1. The van der Waals surface area contributed by atoms with Crippen LogP contribution in [0.15, 0.2) is 43.0 Å². The molecule has 45 heavy (non-hydrogen) atoms. The third-order valence-electron chi connectivity index (χ3n) is 8.28. The van der Waals surface area contributed by atoms with Crippen LogP contribution in [0.25, 0.3) is 5.95 Å². The number of amides is 1. The summed E-state index contributed by atoms with van der Waals surface area (Å²) in [5.74, 6) is 2.58. The predicted molar refractivity (Wildman–Crippen MR) is 172 cm³/mol. The van der Waals surface area contributed by atoms with Gasteiger partial charge in [-0.05, 0) is 30.0 Å². The van der Waals surface area contributed by atoms with Gasteiger partial charge in [-0.15, -0.1) is 0 Å². The summed E-state index contributed by atoms with van der Waals surface area (Å²) >= 11 is 0. The lowest BCUT2D eigenvalue weighted by atomic mass is 10.1. The van der Waals surface area contributed by atoms with E-state index in [-0.39, 0.29) is 37.3 Å². The molecule has 13 heteroatoms. The summed E-state index contributed by atoms with van der Waals surface area (Å²) in [6.07, 6.45) is 11.3. The zero-order valence-corrected chi connectivity index (χ0v) is 27.3. The fraction of sp³-hybridized carbons (Fsp3) is 0.562. The molecule has 3 aromatic rings. The normalized spacial score (nSPS) is 16.8. The number of ether oxygens (including phenoxy) is 2. The lowest BCUT2D eigenvalue weighted by molar-refractivity contribution is -0.121. The maximum atomic E-state index is 13.5. The second-order valence-corrected chi connectivity index (χ2v) is 14.1. The van der Waals surface area contributed by atoms with E-state index in [9.17, 15) is 13.2 Å². The molecular weight excluding hydrogens is 594 g/mol. The van der Waals surface area contributed by atoms with Crippen LogP contribution in [0, 0.1) is 0 Å². The molecule has 4 heterocycles. The highest BCUT2D eigenvalue weighted by Crippen LogP contribution is 2.32. The maximum Gasteiger partial charge on any atom is 0.237 e. The minimum absolute atomic E-state index is 0.106. The fourth-order valence-electron chi connectivity index (χ4n) is 5.66. The van der Waals surface area contributed by atoms with Crippen molar-refractivity contribution in [3.8, 4) is 17.4 Å². The molecule has 2 aliphatic rings. The third-order valence-corrected chi connectivity index (χ3v) is 10.2. The van der Waals surface area contributed by atoms with Gasteiger partial charge in [0.1, 0.15) is 12.1 Å². The monoisotopic (exact) mass is 639 g/mol. The smallest absolute Gasteiger partial charge is 0.237 e. The van der Waals surface area contributed by atoms with Crippen LogP contribution in [-0.4, -0.2) is 76.4 Å². The molecule has 2 aromatic heterocycles. The number of rotatable bonds is 15. The SMILES string of the molecule is CCCCCCCCS(=O)(=O)N1CCN(c2cc(C(C)C)nc(-n3ccnc3)n2)C(CC(=O)NCc2ccc3c(c2)OCO3)C1. The number of unbranched alkanes of at least 4 members (excludes halogenated alkanes) is 5. The summed E-state index contributed by atoms with van der Waals surface area (Å²) in [5.41, 5.74) is 1.74. The topological polar surface area (TPSA) is 132 Å². The van der Waals surface area contributed by atoms with Gasteiger partial charge in [-0.1, -0.05) is 58.9 Å². The molecule has 1 saturated heterocycles. The molecule has 0 bridgehead atoms. The molecule has 1 N–H and O–H groups in total. The van der Waals surface area contributed by atoms with Crippen molar-refractivity contribution in [3.63, 3.8) is 0 Å². The summed E-state index contributed by atoms with van der Waals surface area (Å²) in [6.45, 7) is 7.75. The summed E-state index contributed by atoms with van der Waals surface area (Å²) in [4.78, 5) is 29.2. The minimum atomic E-state index is -3.47. The van der Waals surface area contributed by atoms with Gasteiger partial charge in [0.15, 0.2) is 11.5 Å². The number of piperazine rings is 1. The van der Waals surface area contributed by atoms with Crippen LogP contribution < -0.4 is 19.7 Å². The van der Waals surface area contributed by atoms with Crippen molar-refractivity contribution in [2.75, 3.05) is 37.1 Å². The van der Waals surface area contributed by atoms with Crippen molar-refractivity contribution >= 4 is 21.7 Å². The molecule has 5 rings (SSSR count). The Bertz CT molecular complexity index is 1530. The van der Waals surface area contributed by atoms with Crippen molar-refractivity contribution in [2.45, 2.75) is 84.2 Å². The Morgan fingerprint density at radius 3 is 2.62 bits per heavy atom. The largest absolute Gasteiger partial charge is 0.454 e. The molecule has 1 atom stereocenters. The molecule has 1 unspecified atom stereocenters. The number of carbonyl (C=O) groups is 1. The quantitative estimate of drug-likeness (QED) is 0.240. The van der Waals surface area contributed by atoms with E-state index in [1.54, 1.807) is 27.6 Å². The highest BCUT2D eigenvalue weighted by atomic mass is 32.2. The standard InChI is InChI=1S/C32H45N7O5S/c1-4-5-6-7-8-9-16-45(41,42)38-14-15-39(30-19-27(24(2)3)35-32(36-30)37-13-12-33-22-37)26(21-38)18-31(40)34-20-25-10-11-28-29(17-25)44-23-43-28/h10-13,17,19,22,24,26H,4-9,14-16,18,20-21,23H2,1-3H3,(H,34,40). The number of hydrogen-bond donors (Lipinski definition) is 1. The van der Waals surface area contributed by atoms with E-state index in [0.717, 1.165) is 36.9 Å². The van der Waals surface area contributed by atoms with Gasteiger partial charge < -0.3 is 19.7 Å². The Kier molecular flexibility index (Phi) is 10.9. The summed E-state index contributed by atoms with van der Waals surface area (Å²) in [7, 11) is -3.47. The van der Waals surface area contributed by atoms with E-state index < -0.39 is 16.1 Å². The number of nitrogens with zero attached hydrogens (tertiary/aromatic N) is 6. The van der Waals surface area contributed by atoms with E-state index in [4.69, 9.17) is 19.4 Å². The zero-order valence-electron chi connectivity index (χ0n) is 26.5. The van der Waals surface area contributed by atoms with E-state index in [1.165, 1.54) is 6.42 Å². The van der Waals surface area contributed by atoms with Gasteiger partial charge in [-0.2, -0.15) is 9.29 Å². The Balaban J connectivity index is 1.33. The second-order valence-electron chi connectivity index (χ2n) is 12.0. The summed E-state index contributed by atoms with van der Waals surface area (Å²) in [5, 5.41) is 3.01. The molecule has 0 radical (unpaired) electrons. The van der Waals surface area contributed by atoms with Crippen molar-refractivity contribution in [1.29, 1.82) is 0 Å². The number of aromatic nitrogens is 4. The van der Waals surface area contributed by atoms with E-state index in [1.807, 2.05) is 24.3 Å². The maximum absolute atomic E-state index is 13.5. The predicted octanol–water partition coefficient (Wildman–Crippen LogP) is 4.40. The van der Waals surface area contributed by atoms with Crippen LogP contribution >= 0.6 is 0 Å². The molecule has 244 valence electrons. The number of fused-ring (bicyclic) bond motifs is 1. The van der Waals surface area contributed by atoms with Gasteiger partial charge in [-0.25, -0.2) is 18.4 Å². The Morgan fingerprint density at radius 2 is 1.84 bits per heavy atom. The lowest BCUT2D eigenvalue weighted by Crippen LogP contribution is -2.56. The van der Waals surface area contributed by atoms with Crippen LogP contribution in [0.3, 0.4) is 0 Å². The number of anilines is 1. The molecule has 1 fully saturated rings. The molecule has 12 nitrogen and oxygen atoms in total. The Morgan fingerprint density at radius 1 is 1.04 bits per heavy atom. The first-order valence-electron chi connectivity index (χ1n) is 16.0. The van der Waals surface area contributed by atoms with Gasteiger partial charge in [0, 0.05) is 51.1 Å². The summed E-state index contributed by atoms with van der Waals surface area (Å²) < 4.78 is 41.1. The first-order valence-corrected chi connectivity index (χ1v) is 17.6. The Hall–Kier alpha value is -3.71. The van der Waals surface area contributed by atoms with Crippen molar-refractivity contribution in [2.24, 2.45) is 0 Å². The number of hydrogen-bond acceptors (Lipinski definition) is 9. The second kappa shape index (κ2) is 15.0. The Labute approximate surface area is 266 Å². The number of benzene rings is 1. The van der Waals surface area contributed by atoms with E-state index >= 15 is 0 Å². The number of imidazole rings is 1. The van der Waals surface area contributed by atoms with E-state index in [2.05, 4.69) is 36.0 Å². The highest BCUT2D eigenvalue weighted by molar-refractivity contribution is 7.89. The van der Waals surface area contributed by atoms with Gasteiger partial charge >= 0.3 is 0 Å². The molecule has 0 aliphatic carbocycles. The number of sulfonamides is 1. The van der Waals surface area contributed by atoms with Crippen molar-refractivity contribution in [1.82, 2.24) is 29.1 Å². The molecule has 0 saturated carbocycles. The van der Waals surface area contributed by atoms with Gasteiger partial charge in [0.25, 0.3) is 0 Å². The molecule has 2 aliphatic heterocycles. The molecule has 1 aromatic carbocycles. The number of nitrogens with one attached hydrogen (secondary N) is 1. The minimum Gasteiger partial charge on any atom is -0.454 e. The van der Waals surface area contributed by atoms with Crippen LogP contribution in [0.1, 0.15) is 82.9 Å².